The number of aromatic nitrogens is 2. The first-order chi connectivity index (χ1) is 10.1. The zero-order valence-corrected chi connectivity index (χ0v) is 11.9. The van der Waals surface area contributed by atoms with Crippen molar-refractivity contribution in [2.24, 2.45) is 0 Å². The molecule has 0 aliphatic carbocycles. The van der Waals surface area contributed by atoms with Crippen molar-refractivity contribution in [2.45, 2.75) is 11.4 Å². The minimum Gasteiger partial charge on any atom is -0.469 e. The summed E-state index contributed by atoms with van der Waals surface area (Å²) in [4.78, 5) is 4.04. The van der Waals surface area contributed by atoms with E-state index in [9.17, 15) is 8.42 Å². The highest BCUT2D eigenvalue weighted by molar-refractivity contribution is 7.89. The molecule has 0 saturated heterocycles. The van der Waals surface area contributed by atoms with Crippen LogP contribution in [0.15, 0.2) is 52.2 Å². The van der Waals surface area contributed by atoms with E-state index < -0.39 is 10.0 Å². The molecule has 0 atom stereocenters. The third-order valence-electron chi connectivity index (χ3n) is 3.01. The molecule has 0 fully saturated rings. The smallest absolute Gasteiger partial charge is 0.260 e. The number of furan rings is 1. The van der Waals surface area contributed by atoms with Crippen molar-refractivity contribution in [3.05, 3.63) is 48.6 Å². The van der Waals surface area contributed by atoms with Crippen molar-refractivity contribution in [2.75, 3.05) is 12.3 Å². The highest BCUT2D eigenvalue weighted by Crippen LogP contribution is 2.19. The second-order valence-electron chi connectivity index (χ2n) is 4.46. The highest BCUT2D eigenvalue weighted by Gasteiger charge is 2.23. The Hall–Kier alpha value is -2.32. The van der Waals surface area contributed by atoms with Crippen molar-refractivity contribution in [3.8, 4) is 0 Å². The van der Waals surface area contributed by atoms with Gasteiger partial charge in [-0.25, -0.2) is 18.1 Å². The van der Waals surface area contributed by atoms with Crippen LogP contribution in [-0.4, -0.2) is 24.3 Å². The van der Waals surface area contributed by atoms with Gasteiger partial charge >= 0.3 is 0 Å². The molecule has 8 heteroatoms. The van der Waals surface area contributed by atoms with Gasteiger partial charge in [-0.2, -0.15) is 0 Å². The molecular weight excluding hydrogens is 292 g/mol. The molecule has 0 unspecified atom stereocenters. The molecule has 21 heavy (non-hydrogen) atoms. The molecule has 0 aliphatic rings. The van der Waals surface area contributed by atoms with Crippen LogP contribution in [-0.2, 0) is 16.4 Å². The third-order valence-corrected chi connectivity index (χ3v) is 4.51. The third kappa shape index (κ3) is 2.63. The van der Waals surface area contributed by atoms with E-state index in [2.05, 4.69) is 9.71 Å². The van der Waals surface area contributed by atoms with E-state index in [0.717, 1.165) is 0 Å². The monoisotopic (exact) mass is 306 g/mol. The largest absolute Gasteiger partial charge is 0.469 e. The van der Waals surface area contributed by atoms with Crippen LogP contribution in [0, 0.1) is 0 Å². The lowest BCUT2D eigenvalue weighted by Gasteiger charge is -2.06. The fourth-order valence-corrected chi connectivity index (χ4v) is 3.33. The molecule has 0 amide bonds. The lowest BCUT2D eigenvalue weighted by Crippen LogP contribution is -2.27. The lowest BCUT2D eigenvalue weighted by atomic mass is 10.3. The quantitative estimate of drug-likeness (QED) is 0.733. The molecule has 3 heterocycles. The Labute approximate surface area is 121 Å². The van der Waals surface area contributed by atoms with Crippen LogP contribution in [0.4, 0.5) is 5.82 Å². The Morgan fingerprint density at radius 1 is 1.29 bits per heavy atom. The van der Waals surface area contributed by atoms with Crippen LogP contribution >= 0.6 is 0 Å². The number of fused-ring (bicyclic) bond motifs is 1. The molecule has 110 valence electrons. The van der Waals surface area contributed by atoms with E-state index in [1.807, 2.05) is 0 Å². The molecule has 0 spiro atoms. The molecule has 0 saturated carbocycles. The standard InChI is InChI=1S/C13H14N4O3S/c14-12-13(17-8-2-1-5-11(17)16-12)21(18,19)15-7-6-10-4-3-9-20-10/h1-5,8-9,15H,6-7,14H2. The minimum absolute atomic E-state index is 0.0216. The second kappa shape index (κ2) is 5.23. The maximum absolute atomic E-state index is 12.4. The fraction of sp³-hybridized carbons (Fsp3) is 0.154. The summed E-state index contributed by atoms with van der Waals surface area (Å²) in [6.45, 7) is 0.218. The summed E-state index contributed by atoms with van der Waals surface area (Å²) in [7, 11) is -3.74. The predicted octanol–water partition coefficient (Wildman–Crippen LogP) is 1.03. The van der Waals surface area contributed by atoms with Crippen LogP contribution in [0.3, 0.4) is 0 Å². The Kier molecular flexibility index (Phi) is 3.40. The number of nitrogen functional groups attached to an aromatic ring is 1. The Morgan fingerprint density at radius 3 is 2.90 bits per heavy atom. The molecule has 3 rings (SSSR count). The second-order valence-corrected chi connectivity index (χ2v) is 6.14. The maximum Gasteiger partial charge on any atom is 0.260 e. The normalized spacial score (nSPS) is 12.0. The summed E-state index contributed by atoms with van der Waals surface area (Å²) < 4.78 is 33.9. The Bertz CT molecular complexity index is 853. The molecule has 0 aromatic carbocycles. The first-order valence-corrected chi connectivity index (χ1v) is 7.81. The Morgan fingerprint density at radius 2 is 2.14 bits per heavy atom. The van der Waals surface area contributed by atoms with Gasteiger partial charge in [0.2, 0.25) is 0 Å². The van der Waals surface area contributed by atoms with E-state index >= 15 is 0 Å². The van der Waals surface area contributed by atoms with E-state index in [1.165, 1.54) is 4.40 Å². The average molecular weight is 306 g/mol. The first kappa shape index (κ1) is 13.7. The van der Waals surface area contributed by atoms with Crippen LogP contribution in [0.2, 0.25) is 0 Å². The minimum atomic E-state index is -3.74. The average Bonchev–Trinajstić information content (AvgIpc) is 3.04. The summed E-state index contributed by atoms with van der Waals surface area (Å²) in [6, 6.07) is 8.72. The van der Waals surface area contributed by atoms with Crippen LogP contribution in [0.1, 0.15) is 5.76 Å². The maximum atomic E-state index is 12.4. The summed E-state index contributed by atoms with van der Waals surface area (Å²) >= 11 is 0. The molecule has 3 N–H and O–H groups in total. The highest BCUT2D eigenvalue weighted by atomic mass is 32.2. The molecule has 3 aromatic rings. The Balaban J connectivity index is 1.84. The molecule has 0 radical (unpaired) electrons. The van der Waals surface area contributed by atoms with E-state index in [4.69, 9.17) is 10.2 Å². The lowest BCUT2D eigenvalue weighted by molar-refractivity contribution is 0.505. The number of nitrogens with two attached hydrogens (primary N) is 1. The van der Waals surface area contributed by atoms with Crippen molar-refractivity contribution >= 4 is 21.5 Å². The van der Waals surface area contributed by atoms with Gasteiger partial charge in [-0.15, -0.1) is 0 Å². The number of sulfonamides is 1. The number of hydrogen-bond acceptors (Lipinski definition) is 5. The van der Waals surface area contributed by atoms with E-state index in [1.54, 1.807) is 42.8 Å². The fourth-order valence-electron chi connectivity index (χ4n) is 2.09. The zero-order chi connectivity index (χ0) is 14.9. The number of pyridine rings is 1. The van der Waals surface area contributed by atoms with Gasteiger partial charge in [0, 0.05) is 19.2 Å². The first-order valence-electron chi connectivity index (χ1n) is 6.32. The van der Waals surface area contributed by atoms with Gasteiger partial charge in [-0.05, 0) is 24.3 Å². The molecule has 7 nitrogen and oxygen atoms in total. The SMILES string of the molecule is Nc1nc2ccccn2c1S(=O)(=O)NCCc1ccco1. The van der Waals surface area contributed by atoms with Gasteiger partial charge in [-0.3, -0.25) is 4.40 Å². The van der Waals surface area contributed by atoms with Gasteiger partial charge in [0.25, 0.3) is 10.0 Å². The number of nitrogens with one attached hydrogen (secondary N) is 1. The number of anilines is 1. The topological polar surface area (TPSA) is 103 Å². The zero-order valence-electron chi connectivity index (χ0n) is 11.1. The number of imidazole rings is 1. The number of rotatable bonds is 5. The van der Waals surface area contributed by atoms with Gasteiger partial charge in [0.15, 0.2) is 10.8 Å². The van der Waals surface area contributed by atoms with Gasteiger partial charge in [0.1, 0.15) is 11.4 Å². The van der Waals surface area contributed by atoms with Gasteiger partial charge in [0.05, 0.1) is 6.26 Å². The molecule has 3 aromatic heterocycles. The molecule has 0 aliphatic heterocycles. The summed E-state index contributed by atoms with van der Waals surface area (Å²) in [5.41, 5.74) is 6.22. The van der Waals surface area contributed by atoms with Crippen molar-refractivity contribution < 1.29 is 12.8 Å². The van der Waals surface area contributed by atoms with Crippen molar-refractivity contribution in [1.29, 1.82) is 0 Å². The van der Waals surface area contributed by atoms with E-state index in [0.29, 0.717) is 17.8 Å². The van der Waals surface area contributed by atoms with Crippen LogP contribution < -0.4 is 10.5 Å². The van der Waals surface area contributed by atoms with Crippen molar-refractivity contribution in [1.82, 2.24) is 14.1 Å². The number of nitrogens with zero attached hydrogens (tertiary/aromatic N) is 2. The van der Waals surface area contributed by atoms with Crippen molar-refractivity contribution in [3.63, 3.8) is 0 Å². The predicted molar refractivity (Wildman–Crippen MR) is 77.2 cm³/mol. The van der Waals surface area contributed by atoms with Gasteiger partial charge < -0.3 is 10.2 Å². The summed E-state index contributed by atoms with van der Waals surface area (Å²) in [6.07, 6.45) is 3.62. The van der Waals surface area contributed by atoms with Crippen LogP contribution in [0.25, 0.3) is 5.65 Å². The molecule has 0 bridgehead atoms. The number of hydrogen-bond donors (Lipinski definition) is 2. The van der Waals surface area contributed by atoms with Crippen LogP contribution in [0.5, 0.6) is 0 Å². The summed E-state index contributed by atoms with van der Waals surface area (Å²) in [5, 5.41) is -0.0439. The van der Waals surface area contributed by atoms with E-state index in [-0.39, 0.29) is 17.4 Å². The molecular formula is C13H14N4O3S. The van der Waals surface area contributed by atoms with Gasteiger partial charge in [-0.1, -0.05) is 6.07 Å². The summed E-state index contributed by atoms with van der Waals surface area (Å²) in [5.74, 6) is 0.690.